The van der Waals surface area contributed by atoms with Crippen LogP contribution in [-0.4, -0.2) is 26.5 Å². The van der Waals surface area contributed by atoms with E-state index < -0.39 is 8.32 Å². The van der Waals surface area contributed by atoms with Gasteiger partial charge in [-0.15, -0.1) is 6.58 Å². The maximum atomic E-state index is 12.2. The standard InChI is InChI=1S/C17H28O3Si/c1-9-17(6)13-10-12(11(2)14(17)15(18)19-13)20-21(7,8)16(3,4)5/h9,12-14H,1-2,10H2,3-8H3/t12-,13+,14+,17-/m1/s1. The van der Waals surface area contributed by atoms with Crippen molar-refractivity contribution in [2.45, 2.75) is 64.5 Å². The summed E-state index contributed by atoms with van der Waals surface area (Å²) in [5, 5.41) is 0.135. The normalized spacial score (nSPS) is 36.6. The van der Waals surface area contributed by atoms with E-state index in [4.69, 9.17) is 9.16 Å². The van der Waals surface area contributed by atoms with Crippen LogP contribution in [0.15, 0.2) is 24.8 Å². The Morgan fingerprint density at radius 2 is 2.00 bits per heavy atom. The highest BCUT2D eigenvalue weighted by Crippen LogP contribution is 2.53. The fraction of sp³-hybridized carbons (Fsp3) is 0.706. The third-order valence-corrected chi connectivity index (χ3v) is 10.2. The minimum Gasteiger partial charge on any atom is -0.461 e. The Labute approximate surface area is 129 Å². The van der Waals surface area contributed by atoms with E-state index in [0.717, 1.165) is 5.57 Å². The molecule has 2 bridgehead atoms. The van der Waals surface area contributed by atoms with Crippen molar-refractivity contribution in [3.8, 4) is 0 Å². The highest BCUT2D eigenvalue weighted by atomic mass is 28.4. The van der Waals surface area contributed by atoms with Gasteiger partial charge < -0.3 is 9.16 Å². The maximum Gasteiger partial charge on any atom is 0.314 e. The fourth-order valence-corrected chi connectivity index (χ4v) is 4.38. The number of hydrogen-bond acceptors (Lipinski definition) is 3. The Hall–Kier alpha value is -0.873. The first-order valence-electron chi connectivity index (χ1n) is 7.64. The van der Waals surface area contributed by atoms with Crippen LogP contribution in [0.1, 0.15) is 34.1 Å². The third-order valence-electron chi connectivity index (χ3n) is 5.71. The zero-order valence-corrected chi connectivity index (χ0v) is 15.2. The second-order valence-electron chi connectivity index (χ2n) is 8.11. The number of hydrogen-bond donors (Lipinski definition) is 0. The van der Waals surface area contributed by atoms with Gasteiger partial charge in [0.1, 0.15) is 6.10 Å². The molecule has 0 amide bonds. The summed E-state index contributed by atoms with van der Waals surface area (Å²) in [5.74, 6) is -0.489. The van der Waals surface area contributed by atoms with E-state index in [0.29, 0.717) is 6.42 Å². The predicted octanol–water partition coefficient (Wildman–Crippen LogP) is 4.07. The minimum absolute atomic E-state index is 0.0830. The average Bonchev–Trinajstić information content (AvgIpc) is 2.49. The molecule has 1 saturated carbocycles. The van der Waals surface area contributed by atoms with E-state index in [1.54, 1.807) is 0 Å². The van der Waals surface area contributed by atoms with Crippen molar-refractivity contribution in [2.24, 2.45) is 11.3 Å². The van der Waals surface area contributed by atoms with Crippen molar-refractivity contribution in [1.82, 2.24) is 0 Å². The van der Waals surface area contributed by atoms with Gasteiger partial charge in [0.15, 0.2) is 8.32 Å². The van der Waals surface area contributed by atoms with E-state index in [1.807, 2.05) is 13.0 Å². The second-order valence-corrected chi connectivity index (χ2v) is 12.9. The molecule has 0 aromatic heterocycles. The summed E-state index contributed by atoms with van der Waals surface area (Å²) in [6.07, 6.45) is 2.31. The van der Waals surface area contributed by atoms with Gasteiger partial charge >= 0.3 is 5.97 Å². The quantitative estimate of drug-likeness (QED) is 0.448. The molecule has 0 N–H and O–H groups in total. The van der Waals surface area contributed by atoms with Crippen LogP contribution in [0.2, 0.25) is 18.1 Å². The van der Waals surface area contributed by atoms with Crippen LogP contribution < -0.4 is 0 Å². The van der Waals surface area contributed by atoms with Gasteiger partial charge in [-0.3, -0.25) is 4.79 Å². The van der Waals surface area contributed by atoms with Gasteiger partial charge in [0.2, 0.25) is 0 Å². The highest BCUT2D eigenvalue weighted by molar-refractivity contribution is 6.74. The Bertz CT molecular complexity index is 489. The molecule has 0 unspecified atom stereocenters. The SMILES string of the molecule is C=C[C@@]1(C)[C@H]2C(=C)[C@H](O[Si](C)(C)C(C)(C)C)C[C@@H]1OC2=O. The minimum atomic E-state index is -1.90. The molecule has 1 aliphatic carbocycles. The first-order valence-corrected chi connectivity index (χ1v) is 10.6. The van der Waals surface area contributed by atoms with Crippen LogP contribution in [0.5, 0.6) is 0 Å². The van der Waals surface area contributed by atoms with Crippen LogP contribution in [0.25, 0.3) is 0 Å². The second kappa shape index (κ2) is 4.82. The van der Waals surface area contributed by atoms with E-state index in [9.17, 15) is 4.79 Å². The van der Waals surface area contributed by atoms with E-state index in [2.05, 4.69) is 47.0 Å². The lowest BCUT2D eigenvalue weighted by Crippen LogP contribution is -2.50. The molecule has 2 fully saturated rings. The van der Waals surface area contributed by atoms with E-state index in [1.165, 1.54) is 0 Å². The van der Waals surface area contributed by atoms with Gasteiger partial charge in [0.05, 0.1) is 12.0 Å². The topological polar surface area (TPSA) is 35.5 Å². The van der Waals surface area contributed by atoms with Gasteiger partial charge in [0, 0.05) is 11.8 Å². The molecule has 2 rings (SSSR count). The van der Waals surface area contributed by atoms with Crippen LogP contribution in [0, 0.1) is 11.3 Å². The smallest absolute Gasteiger partial charge is 0.314 e. The Morgan fingerprint density at radius 1 is 1.43 bits per heavy atom. The van der Waals surface area contributed by atoms with Gasteiger partial charge in [-0.05, 0) is 23.7 Å². The van der Waals surface area contributed by atoms with Crippen molar-refractivity contribution in [3.63, 3.8) is 0 Å². The largest absolute Gasteiger partial charge is 0.461 e. The summed E-state index contributed by atoms with van der Waals surface area (Å²) >= 11 is 0. The monoisotopic (exact) mass is 308 g/mol. The van der Waals surface area contributed by atoms with E-state index in [-0.39, 0.29) is 34.5 Å². The zero-order valence-electron chi connectivity index (χ0n) is 14.2. The number of rotatable bonds is 3. The van der Waals surface area contributed by atoms with Gasteiger partial charge in [-0.1, -0.05) is 40.3 Å². The molecule has 1 saturated heterocycles. The molecule has 0 spiro atoms. The molecular formula is C17H28O3Si. The zero-order chi connectivity index (χ0) is 16.2. The fourth-order valence-electron chi connectivity index (χ4n) is 3.07. The molecule has 21 heavy (non-hydrogen) atoms. The van der Waals surface area contributed by atoms with Crippen LogP contribution in [0.3, 0.4) is 0 Å². The molecule has 0 aromatic rings. The number of fused-ring (bicyclic) bond motifs is 2. The summed E-state index contributed by atoms with van der Waals surface area (Å²) in [6.45, 7) is 21.2. The number of esters is 1. The summed E-state index contributed by atoms with van der Waals surface area (Å²) in [4.78, 5) is 12.2. The van der Waals surface area contributed by atoms with Crippen LogP contribution in [0.4, 0.5) is 0 Å². The first kappa shape index (κ1) is 16.5. The summed E-state index contributed by atoms with van der Waals surface area (Å²) < 4.78 is 12.1. The molecule has 3 nitrogen and oxygen atoms in total. The molecule has 0 radical (unpaired) electrons. The lowest BCUT2D eigenvalue weighted by atomic mass is 9.65. The van der Waals surface area contributed by atoms with Gasteiger partial charge in [-0.25, -0.2) is 0 Å². The molecule has 4 heteroatoms. The lowest BCUT2D eigenvalue weighted by Gasteiger charge is -2.45. The van der Waals surface area contributed by atoms with Crippen molar-refractivity contribution in [1.29, 1.82) is 0 Å². The molecule has 1 aliphatic heterocycles. The molecule has 4 atom stereocenters. The van der Waals surface area contributed by atoms with E-state index >= 15 is 0 Å². The van der Waals surface area contributed by atoms with Gasteiger partial charge in [0.25, 0.3) is 0 Å². The van der Waals surface area contributed by atoms with Crippen molar-refractivity contribution < 1.29 is 14.0 Å². The third kappa shape index (κ3) is 2.42. The number of ether oxygens (including phenoxy) is 1. The van der Waals surface area contributed by atoms with Crippen molar-refractivity contribution in [3.05, 3.63) is 24.8 Å². The Balaban J connectivity index is 2.27. The van der Waals surface area contributed by atoms with Gasteiger partial charge in [-0.2, -0.15) is 0 Å². The lowest BCUT2D eigenvalue weighted by molar-refractivity contribution is -0.142. The number of carbonyl (C=O) groups excluding carboxylic acids is 1. The molecular weight excluding hydrogens is 280 g/mol. The molecule has 2 aliphatic rings. The first-order chi connectivity index (χ1) is 9.44. The van der Waals surface area contributed by atoms with Crippen LogP contribution in [-0.2, 0) is 14.0 Å². The molecule has 118 valence electrons. The summed E-state index contributed by atoms with van der Waals surface area (Å²) in [7, 11) is -1.90. The van der Waals surface area contributed by atoms with Crippen LogP contribution >= 0.6 is 0 Å². The Morgan fingerprint density at radius 3 is 2.48 bits per heavy atom. The van der Waals surface area contributed by atoms with Crippen molar-refractivity contribution >= 4 is 14.3 Å². The highest BCUT2D eigenvalue weighted by Gasteiger charge is 2.59. The number of carbonyl (C=O) groups is 1. The van der Waals surface area contributed by atoms with Crippen molar-refractivity contribution in [2.75, 3.05) is 0 Å². The molecule has 1 heterocycles. The predicted molar refractivity (Wildman–Crippen MR) is 87.5 cm³/mol. The Kier molecular flexibility index (Phi) is 3.78. The molecule has 0 aromatic carbocycles. The summed E-state index contributed by atoms with van der Waals surface area (Å²) in [5.41, 5.74) is 0.516. The maximum absolute atomic E-state index is 12.2. The summed E-state index contributed by atoms with van der Waals surface area (Å²) in [6, 6.07) is 0. The average molecular weight is 308 g/mol.